The molecule has 4 heteroatoms. The molecule has 1 aromatic heterocycles. The summed E-state index contributed by atoms with van der Waals surface area (Å²) >= 11 is 0. The van der Waals surface area contributed by atoms with Crippen LogP contribution < -0.4 is 10.5 Å². The fourth-order valence-corrected chi connectivity index (χ4v) is 2.54. The summed E-state index contributed by atoms with van der Waals surface area (Å²) in [6.07, 6.45) is 8.41. The average Bonchev–Trinajstić information content (AvgIpc) is 2.62. The van der Waals surface area contributed by atoms with Gasteiger partial charge >= 0.3 is 0 Å². The topological polar surface area (TPSA) is 65.2 Å². The highest BCUT2D eigenvalue weighted by Gasteiger charge is 2.28. The number of ketones is 1. The molecule has 18 heavy (non-hydrogen) atoms. The molecule has 0 aliphatic heterocycles. The van der Waals surface area contributed by atoms with Gasteiger partial charge < -0.3 is 10.5 Å². The minimum absolute atomic E-state index is 0.0220. The highest BCUT2D eigenvalue weighted by atomic mass is 16.5. The number of nitrogens with two attached hydrogens (primary N) is 1. The zero-order valence-corrected chi connectivity index (χ0v) is 10.8. The summed E-state index contributed by atoms with van der Waals surface area (Å²) in [6, 6.07) is 1.72. The summed E-state index contributed by atoms with van der Waals surface area (Å²) in [6.45, 7) is 0. The van der Waals surface area contributed by atoms with E-state index in [1.165, 1.54) is 6.42 Å². The van der Waals surface area contributed by atoms with Crippen molar-refractivity contribution in [1.82, 2.24) is 4.98 Å². The smallest absolute Gasteiger partial charge is 0.169 e. The first kappa shape index (κ1) is 13.0. The van der Waals surface area contributed by atoms with E-state index >= 15 is 0 Å². The first-order valence-corrected chi connectivity index (χ1v) is 6.51. The van der Waals surface area contributed by atoms with Crippen LogP contribution >= 0.6 is 0 Å². The lowest BCUT2D eigenvalue weighted by atomic mass is 9.88. The van der Waals surface area contributed by atoms with Crippen molar-refractivity contribution in [3.63, 3.8) is 0 Å². The molecule has 1 heterocycles. The van der Waals surface area contributed by atoms with Gasteiger partial charge in [-0.2, -0.15) is 0 Å². The fraction of sp³-hybridized carbons (Fsp3) is 0.571. The lowest BCUT2D eigenvalue weighted by Crippen LogP contribution is -2.34. The summed E-state index contributed by atoms with van der Waals surface area (Å²) in [4.78, 5) is 16.5. The van der Waals surface area contributed by atoms with Gasteiger partial charge in [0.15, 0.2) is 5.78 Å². The van der Waals surface area contributed by atoms with Gasteiger partial charge in [0.2, 0.25) is 0 Å². The van der Waals surface area contributed by atoms with Gasteiger partial charge in [-0.25, -0.2) is 0 Å². The lowest BCUT2D eigenvalue weighted by molar-refractivity contribution is 0.0894. The van der Waals surface area contributed by atoms with Crippen molar-refractivity contribution in [2.75, 3.05) is 7.11 Å². The molecule has 1 saturated carbocycles. The molecule has 2 atom stereocenters. The van der Waals surface area contributed by atoms with Gasteiger partial charge in [-0.1, -0.05) is 19.3 Å². The van der Waals surface area contributed by atoms with Crippen molar-refractivity contribution in [2.45, 2.75) is 38.1 Å². The molecule has 0 spiro atoms. The molecule has 0 bridgehead atoms. The molecule has 2 N–H and O–H groups in total. The van der Waals surface area contributed by atoms with Crippen LogP contribution in [0.4, 0.5) is 0 Å². The van der Waals surface area contributed by atoms with E-state index in [9.17, 15) is 4.79 Å². The first-order chi connectivity index (χ1) is 8.72. The van der Waals surface area contributed by atoms with Crippen molar-refractivity contribution >= 4 is 5.78 Å². The summed E-state index contributed by atoms with van der Waals surface area (Å²) in [5, 5.41) is 0. The Hall–Kier alpha value is -1.42. The van der Waals surface area contributed by atoms with Crippen LogP contribution in [0.3, 0.4) is 0 Å². The maximum Gasteiger partial charge on any atom is 0.169 e. The molecule has 2 unspecified atom stereocenters. The van der Waals surface area contributed by atoms with Gasteiger partial charge in [-0.3, -0.25) is 9.78 Å². The number of rotatable bonds is 3. The molecule has 1 aromatic rings. The highest BCUT2D eigenvalue weighted by Crippen LogP contribution is 2.26. The number of carbonyl (C=O) groups is 1. The Morgan fingerprint density at radius 2 is 2.11 bits per heavy atom. The number of nitrogens with zero attached hydrogens (tertiary/aromatic N) is 1. The Kier molecular flexibility index (Phi) is 4.31. The van der Waals surface area contributed by atoms with Crippen LogP contribution in [-0.2, 0) is 0 Å². The quantitative estimate of drug-likeness (QED) is 0.657. The van der Waals surface area contributed by atoms with E-state index in [0.717, 1.165) is 25.7 Å². The molecule has 0 aromatic carbocycles. The predicted molar refractivity (Wildman–Crippen MR) is 69.7 cm³/mol. The van der Waals surface area contributed by atoms with Crippen molar-refractivity contribution in [3.8, 4) is 5.75 Å². The maximum atomic E-state index is 12.5. The largest absolute Gasteiger partial charge is 0.495 e. The van der Waals surface area contributed by atoms with Gasteiger partial charge in [0.25, 0.3) is 0 Å². The Bertz CT molecular complexity index is 420. The Balaban J connectivity index is 2.18. The summed E-state index contributed by atoms with van der Waals surface area (Å²) < 4.78 is 5.10. The second-order valence-corrected chi connectivity index (χ2v) is 4.89. The Morgan fingerprint density at radius 3 is 2.89 bits per heavy atom. The third kappa shape index (κ3) is 2.88. The highest BCUT2D eigenvalue weighted by molar-refractivity contribution is 5.98. The number of hydrogen-bond donors (Lipinski definition) is 1. The minimum Gasteiger partial charge on any atom is -0.495 e. The van der Waals surface area contributed by atoms with Crippen molar-refractivity contribution in [2.24, 2.45) is 11.7 Å². The number of carbonyl (C=O) groups excluding carboxylic acids is 1. The number of pyridine rings is 1. The van der Waals surface area contributed by atoms with Crippen molar-refractivity contribution in [3.05, 3.63) is 24.0 Å². The van der Waals surface area contributed by atoms with Crippen LogP contribution in [-0.4, -0.2) is 23.9 Å². The fourth-order valence-electron chi connectivity index (χ4n) is 2.54. The van der Waals surface area contributed by atoms with E-state index in [1.54, 1.807) is 25.6 Å². The number of hydrogen-bond acceptors (Lipinski definition) is 4. The van der Waals surface area contributed by atoms with E-state index in [1.807, 2.05) is 0 Å². The van der Waals surface area contributed by atoms with Crippen LogP contribution in [0.25, 0.3) is 0 Å². The monoisotopic (exact) mass is 248 g/mol. The van der Waals surface area contributed by atoms with Crippen LogP contribution in [0, 0.1) is 5.92 Å². The number of aromatic nitrogens is 1. The maximum absolute atomic E-state index is 12.5. The van der Waals surface area contributed by atoms with Crippen LogP contribution in [0.5, 0.6) is 5.75 Å². The average molecular weight is 248 g/mol. The molecule has 1 aliphatic rings. The number of Topliss-reactive ketones (excluding diaryl/α,β-unsaturated/α-hetero) is 1. The molecule has 1 aliphatic carbocycles. The standard InChI is InChI=1S/C14H20N2O2/c1-18-11-7-10(8-16-9-11)14(17)12-5-3-2-4-6-13(12)15/h7-9,12-13H,2-6,15H2,1H3. The first-order valence-electron chi connectivity index (χ1n) is 6.51. The van der Waals surface area contributed by atoms with E-state index in [-0.39, 0.29) is 17.7 Å². The number of ether oxygens (including phenoxy) is 1. The summed E-state index contributed by atoms with van der Waals surface area (Å²) in [5.41, 5.74) is 6.72. The lowest BCUT2D eigenvalue weighted by Gasteiger charge is -2.19. The summed E-state index contributed by atoms with van der Waals surface area (Å²) in [5.74, 6) is 0.653. The minimum atomic E-state index is -0.0681. The molecule has 0 amide bonds. The molecule has 98 valence electrons. The van der Waals surface area contributed by atoms with Crippen LogP contribution in [0.1, 0.15) is 42.5 Å². The predicted octanol–water partition coefficient (Wildman–Crippen LogP) is 2.18. The molecule has 1 fully saturated rings. The van der Waals surface area contributed by atoms with Crippen LogP contribution in [0.15, 0.2) is 18.5 Å². The van der Waals surface area contributed by atoms with E-state index in [2.05, 4.69) is 4.98 Å². The van der Waals surface area contributed by atoms with E-state index in [0.29, 0.717) is 11.3 Å². The van der Waals surface area contributed by atoms with Crippen molar-refractivity contribution in [1.29, 1.82) is 0 Å². The second kappa shape index (κ2) is 5.96. The van der Waals surface area contributed by atoms with Gasteiger partial charge in [0.05, 0.1) is 13.3 Å². The molecular formula is C14H20N2O2. The van der Waals surface area contributed by atoms with Gasteiger partial charge in [-0.05, 0) is 18.9 Å². The third-order valence-corrected chi connectivity index (χ3v) is 3.64. The zero-order valence-electron chi connectivity index (χ0n) is 10.8. The Labute approximate surface area is 108 Å². The number of methoxy groups -OCH3 is 1. The molecular weight excluding hydrogens is 228 g/mol. The molecule has 4 nitrogen and oxygen atoms in total. The molecule has 0 radical (unpaired) electrons. The second-order valence-electron chi connectivity index (χ2n) is 4.89. The molecule has 2 rings (SSSR count). The van der Waals surface area contributed by atoms with Gasteiger partial charge in [-0.15, -0.1) is 0 Å². The molecule has 0 saturated heterocycles. The summed E-state index contributed by atoms with van der Waals surface area (Å²) in [7, 11) is 1.57. The third-order valence-electron chi connectivity index (χ3n) is 3.64. The van der Waals surface area contributed by atoms with Crippen LogP contribution in [0.2, 0.25) is 0 Å². The van der Waals surface area contributed by atoms with E-state index in [4.69, 9.17) is 10.5 Å². The van der Waals surface area contributed by atoms with Gasteiger partial charge in [0.1, 0.15) is 5.75 Å². The SMILES string of the molecule is COc1cncc(C(=O)C2CCCCCC2N)c1. The zero-order chi connectivity index (χ0) is 13.0. The van der Waals surface area contributed by atoms with Crippen molar-refractivity contribution < 1.29 is 9.53 Å². The van der Waals surface area contributed by atoms with Gasteiger partial charge in [0, 0.05) is 23.7 Å². The normalized spacial score (nSPS) is 24.3. The Morgan fingerprint density at radius 1 is 1.33 bits per heavy atom. The van der Waals surface area contributed by atoms with E-state index < -0.39 is 0 Å².